The van der Waals surface area contributed by atoms with Crippen LogP contribution >= 0.6 is 31.9 Å². The van der Waals surface area contributed by atoms with Crippen LogP contribution in [0.3, 0.4) is 0 Å². The van der Waals surface area contributed by atoms with Crippen LogP contribution < -0.4 is 10.1 Å². The normalized spacial score (nSPS) is 18.2. The lowest BCUT2D eigenvalue weighted by Crippen LogP contribution is -2.54. The number of hydrogen-bond acceptors (Lipinski definition) is 6. The van der Waals surface area contributed by atoms with Crippen LogP contribution in [0.1, 0.15) is 37.7 Å². The Kier molecular flexibility index (Phi) is 9.83. The van der Waals surface area contributed by atoms with E-state index in [0.29, 0.717) is 40.2 Å². The number of benzene rings is 2. The minimum absolute atomic E-state index is 0.0350. The van der Waals surface area contributed by atoms with Gasteiger partial charge in [0.05, 0.1) is 8.95 Å². The van der Waals surface area contributed by atoms with Gasteiger partial charge >= 0.3 is 6.02 Å². The molecule has 2 fully saturated rings. The first-order chi connectivity index (χ1) is 17.9. The Morgan fingerprint density at radius 3 is 2.38 bits per heavy atom. The fraction of sp³-hybridized carbons (Fsp3) is 0.444. The first-order valence-corrected chi connectivity index (χ1v) is 14.2. The number of nitrogens with one attached hydrogen (secondary N) is 1. The summed E-state index contributed by atoms with van der Waals surface area (Å²) < 4.78 is 6.85. The molecule has 0 radical (unpaired) electrons. The van der Waals surface area contributed by atoms with E-state index in [1.807, 2.05) is 23.1 Å². The predicted octanol–water partition coefficient (Wildman–Crippen LogP) is 4.81. The molecule has 0 aliphatic carbocycles. The number of piperidine rings is 2. The second-order valence-corrected chi connectivity index (χ2v) is 11.1. The highest BCUT2D eigenvalue weighted by Gasteiger charge is 2.32. The Balaban J connectivity index is 1.51. The summed E-state index contributed by atoms with van der Waals surface area (Å²) in [6.45, 7) is 3.67. The molecule has 0 aromatic heterocycles. The third kappa shape index (κ3) is 7.46. The van der Waals surface area contributed by atoms with Crippen molar-refractivity contribution in [2.75, 3.05) is 26.2 Å². The molecule has 37 heavy (non-hydrogen) atoms. The van der Waals surface area contributed by atoms with E-state index in [1.54, 1.807) is 30.5 Å². The number of amides is 1. The third-order valence-electron chi connectivity index (χ3n) is 6.90. The standard InChI is InChI=1S/C27H31Br2N5O3/c28-22-15-19(16-23(29)25(22)35)17-24(32-27(31-18-30)37-21-7-3-1-4-8-21)26(36)34-13-9-20(10-14-34)33-11-5-2-6-12-33/h1,3-4,7-8,15-16,20,24,35H,2,5-6,9-14,17H2,(H,31,32)/t24-/m1/s1. The zero-order valence-electron chi connectivity index (χ0n) is 20.6. The van der Waals surface area contributed by atoms with Crippen molar-refractivity contribution in [2.24, 2.45) is 4.99 Å². The van der Waals surface area contributed by atoms with Gasteiger partial charge in [-0.3, -0.25) is 4.79 Å². The van der Waals surface area contributed by atoms with E-state index in [1.165, 1.54) is 19.3 Å². The SMILES string of the molecule is N#CN=C(N[C@H](Cc1cc(Br)c(O)c(Br)c1)C(=O)N1CCC(N2CCCCC2)CC1)Oc1ccccc1. The predicted molar refractivity (Wildman–Crippen MR) is 149 cm³/mol. The van der Waals surface area contributed by atoms with Crippen LogP contribution in [0, 0.1) is 11.5 Å². The zero-order valence-corrected chi connectivity index (χ0v) is 23.7. The molecule has 10 heteroatoms. The molecule has 0 bridgehead atoms. The number of phenols is 1. The van der Waals surface area contributed by atoms with Gasteiger partial charge in [0, 0.05) is 25.6 Å². The Morgan fingerprint density at radius 2 is 1.76 bits per heavy atom. The number of aromatic hydroxyl groups is 1. The van der Waals surface area contributed by atoms with Crippen LogP contribution in [-0.2, 0) is 11.2 Å². The third-order valence-corrected chi connectivity index (χ3v) is 8.11. The number of carbonyl (C=O) groups is 1. The number of nitrogens with zero attached hydrogens (tertiary/aromatic N) is 4. The molecule has 1 atom stereocenters. The highest BCUT2D eigenvalue weighted by molar-refractivity contribution is 9.11. The van der Waals surface area contributed by atoms with E-state index < -0.39 is 6.04 Å². The largest absolute Gasteiger partial charge is 0.506 e. The van der Waals surface area contributed by atoms with Gasteiger partial charge in [-0.25, -0.2) is 0 Å². The van der Waals surface area contributed by atoms with Crippen molar-refractivity contribution in [1.82, 2.24) is 15.1 Å². The Hall–Kier alpha value is -2.61. The minimum atomic E-state index is -0.717. The van der Waals surface area contributed by atoms with Gasteiger partial charge in [-0.15, -0.1) is 4.99 Å². The second kappa shape index (κ2) is 13.3. The van der Waals surface area contributed by atoms with Crippen LogP contribution in [0.4, 0.5) is 0 Å². The van der Waals surface area contributed by atoms with Gasteiger partial charge in [0.15, 0.2) is 0 Å². The van der Waals surface area contributed by atoms with Crippen molar-refractivity contribution in [2.45, 2.75) is 50.6 Å². The summed E-state index contributed by atoms with van der Waals surface area (Å²) in [5, 5.41) is 22.5. The summed E-state index contributed by atoms with van der Waals surface area (Å²) in [7, 11) is 0. The van der Waals surface area contributed by atoms with Gasteiger partial charge in [-0.2, -0.15) is 5.26 Å². The molecular formula is C27H31Br2N5O3. The topological polar surface area (TPSA) is 101 Å². The molecule has 196 valence electrons. The summed E-state index contributed by atoms with van der Waals surface area (Å²) in [5.41, 5.74) is 0.821. The maximum Gasteiger partial charge on any atom is 0.306 e. The molecule has 2 saturated heterocycles. The Labute approximate surface area is 234 Å². The van der Waals surface area contributed by atoms with Gasteiger partial charge in [0.1, 0.15) is 17.5 Å². The summed E-state index contributed by atoms with van der Waals surface area (Å²) in [4.78, 5) is 22.1. The monoisotopic (exact) mass is 631 g/mol. The molecule has 8 nitrogen and oxygen atoms in total. The van der Waals surface area contributed by atoms with E-state index in [0.717, 1.165) is 31.5 Å². The van der Waals surface area contributed by atoms with Gasteiger partial charge in [-0.1, -0.05) is 24.6 Å². The molecule has 2 aliphatic heterocycles. The number of hydrogen-bond donors (Lipinski definition) is 2. The van der Waals surface area contributed by atoms with Gasteiger partial charge < -0.3 is 25.0 Å². The van der Waals surface area contributed by atoms with Crippen molar-refractivity contribution in [3.63, 3.8) is 0 Å². The van der Waals surface area contributed by atoms with Crippen LogP contribution in [0.15, 0.2) is 56.4 Å². The highest BCUT2D eigenvalue weighted by atomic mass is 79.9. The molecular weight excluding hydrogens is 602 g/mol. The molecule has 2 N–H and O–H groups in total. The van der Waals surface area contributed by atoms with Gasteiger partial charge in [-0.05, 0) is 100 Å². The fourth-order valence-corrected chi connectivity index (χ4v) is 6.29. The molecule has 0 spiro atoms. The number of carbonyl (C=O) groups excluding carboxylic acids is 1. The zero-order chi connectivity index (χ0) is 26.2. The Bertz CT molecular complexity index is 1120. The van der Waals surface area contributed by atoms with Crippen molar-refractivity contribution < 1.29 is 14.6 Å². The second-order valence-electron chi connectivity index (χ2n) is 9.39. The van der Waals surface area contributed by atoms with E-state index in [4.69, 9.17) is 4.74 Å². The molecule has 2 aromatic rings. The number of nitriles is 1. The van der Waals surface area contributed by atoms with Gasteiger partial charge in [0.2, 0.25) is 12.1 Å². The number of amidine groups is 1. The molecule has 4 rings (SSSR count). The number of rotatable bonds is 6. The van der Waals surface area contributed by atoms with Crippen molar-refractivity contribution in [1.29, 1.82) is 5.26 Å². The molecule has 2 aromatic carbocycles. The first-order valence-electron chi connectivity index (χ1n) is 12.6. The highest BCUT2D eigenvalue weighted by Crippen LogP contribution is 2.34. The van der Waals surface area contributed by atoms with E-state index in [-0.39, 0.29) is 17.7 Å². The number of para-hydroxylation sites is 1. The summed E-state index contributed by atoms with van der Waals surface area (Å²) in [6.07, 6.45) is 7.80. The van der Waals surface area contributed by atoms with Crippen LogP contribution in [0.2, 0.25) is 0 Å². The minimum Gasteiger partial charge on any atom is -0.506 e. The maximum absolute atomic E-state index is 13.8. The maximum atomic E-state index is 13.8. The smallest absolute Gasteiger partial charge is 0.306 e. The van der Waals surface area contributed by atoms with E-state index >= 15 is 0 Å². The lowest BCUT2D eigenvalue weighted by atomic mass is 9.98. The lowest BCUT2D eigenvalue weighted by molar-refractivity contribution is -0.134. The number of ether oxygens (including phenoxy) is 1. The quantitative estimate of drug-likeness (QED) is 0.269. The van der Waals surface area contributed by atoms with Gasteiger partial charge in [0.25, 0.3) is 0 Å². The molecule has 2 heterocycles. The number of aliphatic imine (C=N–C) groups is 1. The number of likely N-dealkylation sites (tertiary alicyclic amines) is 2. The summed E-state index contributed by atoms with van der Waals surface area (Å²) >= 11 is 6.75. The van der Waals surface area contributed by atoms with Crippen molar-refractivity contribution in [3.8, 4) is 17.7 Å². The average Bonchev–Trinajstić information content (AvgIpc) is 2.92. The average molecular weight is 633 g/mol. The van der Waals surface area contributed by atoms with Crippen LogP contribution in [0.25, 0.3) is 0 Å². The molecule has 1 amide bonds. The van der Waals surface area contributed by atoms with E-state index in [9.17, 15) is 15.2 Å². The van der Waals surface area contributed by atoms with Crippen LogP contribution in [-0.4, -0.2) is 65.1 Å². The van der Waals surface area contributed by atoms with E-state index in [2.05, 4.69) is 47.1 Å². The van der Waals surface area contributed by atoms with Crippen molar-refractivity contribution >= 4 is 43.8 Å². The summed E-state index contributed by atoms with van der Waals surface area (Å²) in [5.74, 6) is 0.533. The first kappa shape index (κ1) is 27.4. The van der Waals surface area contributed by atoms with Crippen LogP contribution in [0.5, 0.6) is 11.5 Å². The Morgan fingerprint density at radius 1 is 1.11 bits per heavy atom. The molecule has 0 unspecified atom stereocenters. The molecule has 0 saturated carbocycles. The fourth-order valence-electron chi connectivity index (χ4n) is 5.01. The summed E-state index contributed by atoms with van der Waals surface area (Å²) in [6, 6.07) is 12.3. The lowest BCUT2D eigenvalue weighted by Gasteiger charge is -2.41. The molecule has 2 aliphatic rings. The number of halogens is 2. The van der Waals surface area contributed by atoms with Crippen molar-refractivity contribution in [3.05, 3.63) is 57.0 Å². The number of phenolic OH excluding ortho intramolecular Hbond substituents is 1.